The Hall–Kier alpha value is -3.39. The quantitative estimate of drug-likeness (QED) is 0.474. The first kappa shape index (κ1) is 23.8. The van der Waals surface area contributed by atoms with E-state index in [4.69, 9.17) is 4.42 Å². The maximum Gasteiger partial charge on any atom is 0.287 e. The number of rotatable bonds is 9. The molecule has 0 spiro atoms. The van der Waals surface area contributed by atoms with Gasteiger partial charge in [0, 0.05) is 16.6 Å². The largest absolute Gasteiger partial charge is 0.459 e. The summed E-state index contributed by atoms with van der Waals surface area (Å²) >= 11 is 1.43. The summed E-state index contributed by atoms with van der Waals surface area (Å²) in [5.74, 6) is -0.952. The van der Waals surface area contributed by atoms with Crippen molar-refractivity contribution < 1.29 is 18.8 Å². The van der Waals surface area contributed by atoms with E-state index in [-0.39, 0.29) is 30.2 Å². The summed E-state index contributed by atoms with van der Waals surface area (Å²) < 4.78 is 5.12. The molecule has 0 bridgehead atoms. The second-order valence-electron chi connectivity index (χ2n) is 8.35. The van der Waals surface area contributed by atoms with E-state index in [1.807, 2.05) is 41.8 Å². The van der Waals surface area contributed by atoms with E-state index in [1.165, 1.54) is 28.6 Å². The second-order valence-corrected chi connectivity index (χ2v) is 9.33. The minimum Gasteiger partial charge on any atom is -0.459 e. The zero-order valence-corrected chi connectivity index (χ0v) is 20.0. The number of carbonyl (C=O) groups is 3. The van der Waals surface area contributed by atoms with E-state index in [9.17, 15) is 14.4 Å². The molecule has 2 aromatic heterocycles. The van der Waals surface area contributed by atoms with Gasteiger partial charge in [0.25, 0.3) is 5.91 Å². The van der Waals surface area contributed by atoms with Crippen molar-refractivity contribution in [3.63, 3.8) is 0 Å². The molecule has 0 radical (unpaired) electrons. The van der Waals surface area contributed by atoms with E-state index in [1.54, 1.807) is 6.07 Å². The highest BCUT2D eigenvalue weighted by Crippen LogP contribution is 2.32. The van der Waals surface area contributed by atoms with Gasteiger partial charge in [-0.1, -0.05) is 38.0 Å². The van der Waals surface area contributed by atoms with Gasteiger partial charge in [0.05, 0.1) is 12.8 Å². The van der Waals surface area contributed by atoms with Crippen LogP contribution in [0.25, 0.3) is 0 Å². The molecule has 7 nitrogen and oxygen atoms in total. The molecular weight excluding hydrogens is 450 g/mol. The molecular formula is C26H29N3O4S. The molecule has 1 atom stereocenters. The predicted octanol–water partition coefficient (Wildman–Crippen LogP) is 4.47. The van der Waals surface area contributed by atoms with E-state index < -0.39 is 11.9 Å². The number of hydrogen-bond donors (Lipinski definition) is 2. The van der Waals surface area contributed by atoms with Crippen LogP contribution in [0.5, 0.6) is 0 Å². The monoisotopic (exact) mass is 479 g/mol. The average Bonchev–Trinajstić information content (AvgIpc) is 3.64. The van der Waals surface area contributed by atoms with Gasteiger partial charge in [-0.3, -0.25) is 19.3 Å². The Bertz CT molecular complexity index is 1090. The third-order valence-electron chi connectivity index (χ3n) is 6.06. The highest BCUT2D eigenvalue weighted by atomic mass is 32.1. The Kier molecular flexibility index (Phi) is 7.80. The zero-order valence-electron chi connectivity index (χ0n) is 19.2. The Balaban J connectivity index is 1.63. The van der Waals surface area contributed by atoms with Crippen molar-refractivity contribution >= 4 is 34.7 Å². The highest BCUT2D eigenvalue weighted by Gasteiger charge is 2.35. The van der Waals surface area contributed by atoms with E-state index in [0.717, 1.165) is 42.5 Å². The molecule has 0 saturated heterocycles. The maximum atomic E-state index is 13.6. The lowest BCUT2D eigenvalue weighted by molar-refractivity contribution is -0.126. The molecule has 1 aliphatic rings. The third kappa shape index (κ3) is 5.56. The van der Waals surface area contributed by atoms with Crippen LogP contribution in [-0.4, -0.2) is 30.3 Å². The molecule has 8 heteroatoms. The number of anilines is 1. The van der Waals surface area contributed by atoms with E-state index in [0.29, 0.717) is 5.69 Å². The van der Waals surface area contributed by atoms with Gasteiger partial charge in [-0.05, 0) is 60.5 Å². The van der Waals surface area contributed by atoms with Gasteiger partial charge in [0.2, 0.25) is 11.8 Å². The fourth-order valence-corrected chi connectivity index (χ4v) is 5.05. The number of amides is 3. The number of furan rings is 1. The van der Waals surface area contributed by atoms with Gasteiger partial charge in [0.15, 0.2) is 5.76 Å². The molecule has 4 rings (SSSR count). The summed E-state index contributed by atoms with van der Waals surface area (Å²) in [6.07, 6.45) is 6.34. The van der Waals surface area contributed by atoms with Crippen LogP contribution >= 0.6 is 11.3 Å². The van der Waals surface area contributed by atoms with Gasteiger partial charge in [-0.2, -0.15) is 0 Å². The normalized spacial score (nSPS) is 14.5. The molecule has 2 N–H and O–H groups in total. The smallest absolute Gasteiger partial charge is 0.287 e. The van der Waals surface area contributed by atoms with E-state index in [2.05, 4.69) is 17.6 Å². The highest BCUT2D eigenvalue weighted by molar-refractivity contribution is 7.10. The van der Waals surface area contributed by atoms with Crippen LogP contribution in [0.15, 0.2) is 64.6 Å². The van der Waals surface area contributed by atoms with Gasteiger partial charge in [-0.15, -0.1) is 11.3 Å². The molecule has 178 valence electrons. The first-order chi connectivity index (χ1) is 16.6. The molecule has 0 aliphatic heterocycles. The van der Waals surface area contributed by atoms with Crippen LogP contribution in [0, 0.1) is 0 Å². The minimum absolute atomic E-state index is 0.119. The Morgan fingerprint density at radius 1 is 1.09 bits per heavy atom. The molecule has 0 unspecified atom stereocenters. The van der Waals surface area contributed by atoms with Crippen molar-refractivity contribution in [2.24, 2.45) is 0 Å². The number of aryl methyl sites for hydroxylation is 1. The van der Waals surface area contributed by atoms with Crippen LogP contribution in [-0.2, 0) is 16.0 Å². The SMILES string of the molecule is CCc1ccc(N(C(=O)CNC(=O)c2ccco2)[C@@H](C(=O)NC2CCCC2)c2cccs2)cc1. The Morgan fingerprint density at radius 2 is 1.85 bits per heavy atom. The summed E-state index contributed by atoms with van der Waals surface area (Å²) in [6, 6.07) is 13.8. The topological polar surface area (TPSA) is 91.7 Å². The fourth-order valence-electron chi connectivity index (χ4n) is 4.24. The van der Waals surface area contributed by atoms with Crippen molar-refractivity contribution in [1.82, 2.24) is 10.6 Å². The van der Waals surface area contributed by atoms with Crippen molar-refractivity contribution in [3.8, 4) is 0 Å². The van der Waals surface area contributed by atoms with Crippen LogP contribution in [0.2, 0.25) is 0 Å². The number of nitrogens with one attached hydrogen (secondary N) is 2. The summed E-state index contributed by atoms with van der Waals surface area (Å²) in [7, 11) is 0. The average molecular weight is 480 g/mol. The lowest BCUT2D eigenvalue weighted by Crippen LogP contribution is -2.49. The number of thiophene rings is 1. The number of benzene rings is 1. The summed E-state index contributed by atoms with van der Waals surface area (Å²) in [6.45, 7) is 1.79. The van der Waals surface area contributed by atoms with Crippen molar-refractivity contribution in [2.45, 2.75) is 51.1 Å². The molecule has 1 aromatic carbocycles. The number of carbonyl (C=O) groups excluding carboxylic acids is 3. The lowest BCUT2D eigenvalue weighted by atomic mass is 10.1. The fraction of sp³-hybridized carbons (Fsp3) is 0.346. The summed E-state index contributed by atoms with van der Waals surface area (Å²) in [5, 5.41) is 7.67. The molecule has 1 saturated carbocycles. The minimum atomic E-state index is -0.832. The van der Waals surface area contributed by atoms with Crippen LogP contribution < -0.4 is 15.5 Å². The Morgan fingerprint density at radius 3 is 2.47 bits per heavy atom. The van der Waals surface area contributed by atoms with Crippen molar-refractivity contribution in [1.29, 1.82) is 0 Å². The lowest BCUT2D eigenvalue weighted by Gasteiger charge is -2.31. The third-order valence-corrected chi connectivity index (χ3v) is 6.98. The summed E-state index contributed by atoms with van der Waals surface area (Å²) in [5.41, 5.74) is 1.74. The molecule has 3 aromatic rings. The molecule has 2 heterocycles. The molecule has 1 fully saturated rings. The van der Waals surface area contributed by atoms with Crippen LogP contribution in [0.3, 0.4) is 0 Å². The predicted molar refractivity (Wildman–Crippen MR) is 132 cm³/mol. The van der Waals surface area contributed by atoms with Gasteiger partial charge in [0.1, 0.15) is 6.04 Å². The molecule has 1 aliphatic carbocycles. The number of hydrogen-bond acceptors (Lipinski definition) is 5. The van der Waals surface area contributed by atoms with Gasteiger partial charge >= 0.3 is 0 Å². The van der Waals surface area contributed by atoms with E-state index >= 15 is 0 Å². The maximum absolute atomic E-state index is 13.6. The van der Waals surface area contributed by atoms with Crippen molar-refractivity contribution in [3.05, 3.63) is 76.4 Å². The molecule has 3 amide bonds. The number of nitrogens with zero attached hydrogens (tertiary/aromatic N) is 1. The van der Waals surface area contributed by atoms with Gasteiger partial charge in [-0.25, -0.2) is 0 Å². The van der Waals surface area contributed by atoms with Crippen molar-refractivity contribution in [2.75, 3.05) is 11.4 Å². The van der Waals surface area contributed by atoms with Crippen LogP contribution in [0.1, 0.15) is 59.6 Å². The van der Waals surface area contributed by atoms with Gasteiger partial charge < -0.3 is 15.1 Å². The second kappa shape index (κ2) is 11.2. The first-order valence-electron chi connectivity index (χ1n) is 11.6. The molecule has 34 heavy (non-hydrogen) atoms. The van der Waals surface area contributed by atoms with Crippen LogP contribution in [0.4, 0.5) is 5.69 Å². The summed E-state index contributed by atoms with van der Waals surface area (Å²) in [4.78, 5) is 41.7. The standard InChI is InChI=1S/C26H29N3O4S/c1-2-18-11-13-20(14-12-18)29(23(30)17-27-25(31)21-9-5-15-33-21)24(22-10-6-16-34-22)26(32)28-19-7-3-4-8-19/h5-6,9-16,19,24H,2-4,7-8,17H2,1H3,(H,27,31)(H,28,32)/t24-/m1/s1. The first-order valence-corrected chi connectivity index (χ1v) is 12.5. The Labute approximate surface area is 203 Å². The zero-order chi connectivity index (χ0) is 23.9.